The number of fused-ring (bicyclic) bond motifs is 1. The zero-order valence-electron chi connectivity index (χ0n) is 19.7. The van der Waals surface area contributed by atoms with Gasteiger partial charge in [0.1, 0.15) is 0 Å². The number of carbonyl (C=O) groups is 2. The molecule has 1 fully saturated rings. The van der Waals surface area contributed by atoms with Crippen molar-refractivity contribution in [2.75, 3.05) is 30.4 Å². The minimum atomic E-state index is -0.534. The normalized spacial score (nSPS) is 17.2. The minimum Gasteiger partial charge on any atom is -0.377 e. The smallest absolute Gasteiger partial charge is 0.259 e. The molecule has 3 aromatic rings. The van der Waals surface area contributed by atoms with Gasteiger partial charge in [-0.1, -0.05) is 6.07 Å². The van der Waals surface area contributed by atoms with E-state index in [0.717, 1.165) is 22.5 Å². The number of amides is 2. The fourth-order valence-electron chi connectivity index (χ4n) is 4.73. The number of nitrogens with one attached hydrogen (secondary N) is 1. The molecule has 0 atom stereocenters. The highest BCUT2D eigenvalue weighted by Gasteiger charge is 2.44. The van der Waals surface area contributed by atoms with Crippen LogP contribution in [0, 0.1) is 0 Å². The number of aromatic nitrogens is 3. The van der Waals surface area contributed by atoms with Gasteiger partial charge in [-0.15, -0.1) is 0 Å². The summed E-state index contributed by atoms with van der Waals surface area (Å²) in [6.45, 7) is 5.27. The molecule has 2 aromatic heterocycles. The molecular weight excluding hydrogens is 430 g/mol. The van der Waals surface area contributed by atoms with Crippen LogP contribution in [0.2, 0.25) is 0 Å². The van der Waals surface area contributed by atoms with Crippen molar-refractivity contribution in [3.05, 3.63) is 71.3 Å². The second kappa shape index (κ2) is 8.09. The third-order valence-corrected chi connectivity index (χ3v) is 6.45. The highest BCUT2D eigenvalue weighted by molar-refractivity contribution is 6.12. The van der Waals surface area contributed by atoms with Gasteiger partial charge < -0.3 is 10.2 Å². The first-order valence-corrected chi connectivity index (χ1v) is 11.2. The molecule has 9 nitrogen and oxygen atoms in total. The van der Waals surface area contributed by atoms with Crippen molar-refractivity contribution in [1.82, 2.24) is 19.7 Å². The summed E-state index contributed by atoms with van der Waals surface area (Å²) in [5, 5.41) is 7.51. The predicted molar refractivity (Wildman–Crippen MR) is 131 cm³/mol. The van der Waals surface area contributed by atoms with Crippen molar-refractivity contribution in [3.8, 4) is 0 Å². The van der Waals surface area contributed by atoms with E-state index < -0.39 is 5.54 Å². The maximum atomic E-state index is 13.3. The van der Waals surface area contributed by atoms with Crippen LogP contribution in [0.5, 0.6) is 0 Å². The summed E-state index contributed by atoms with van der Waals surface area (Å²) in [6, 6.07) is 7.87. The number of carbonyl (C=O) groups excluding carboxylic acids is 2. The summed E-state index contributed by atoms with van der Waals surface area (Å²) in [4.78, 5) is 37.9. The molecule has 1 aromatic carbocycles. The van der Waals surface area contributed by atoms with Crippen LogP contribution in [-0.2, 0) is 12.6 Å². The number of pyridine rings is 1. The number of hydrogen-bond acceptors (Lipinski definition) is 6. The Morgan fingerprint density at radius 3 is 2.71 bits per heavy atom. The van der Waals surface area contributed by atoms with E-state index in [-0.39, 0.29) is 17.9 Å². The monoisotopic (exact) mass is 457 g/mol. The molecular formula is C25H27N7O2. The fraction of sp³-hybridized carbons (Fsp3) is 0.320. The zero-order chi connectivity index (χ0) is 24.0. The molecule has 0 radical (unpaired) electrons. The number of benzene rings is 1. The van der Waals surface area contributed by atoms with E-state index in [4.69, 9.17) is 0 Å². The van der Waals surface area contributed by atoms with Crippen LogP contribution in [0.1, 0.15) is 45.7 Å². The highest BCUT2D eigenvalue weighted by atomic mass is 16.2. The Labute approximate surface area is 198 Å². The van der Waals surface area contributed by atoms with Crippen LogP contribution in [0.3, 0.4) is 0 Å². The van der Waals surface area contributed by atoms with E-state index >= 15 is 0 Å². The van der Waals surface area contributed by atoms with Gasteiger partial charge in [-0.25, -0.2) is 0 Å². The number of aliphatic imine (C=N–C) groups is 1. The highest BCUT2D eigenvalue weighted by Crippen LogP contribution is 2.42. The zero-order valence-corrected chi connectivity index (χ0v) is 19.7. The minimum absolute atomic E-state index is 0.0207. The van der Waals surface area contributed by atoms with Gasteiger partial charge in [-0.05, 0) is 43.2 Å². The summed E-state index contributed by atoms with van der Waals surface area (Å²) in [5.74, 6) is -0.0662. The molecule has 0 unspecified atom stereocenters. The van der Waals surface area contributed by atoms with Gasteiger partial charge >= 0.3 is 0 Å². The van der Waals surface area contributed by atoms with Crippen molar-refractivity contribution >= 4 is 29.4 Å². The van der Waals surface area contributed by atoms with Crippen molar-refractivity contribution in [2.24, 2.45) is 12.0 Å². The van der Waals surface area contributed by atoms with Crippen LogP contribution in [0.4, 0.5) is 11.4 Å². The van der Waals surface area contributed by atoms with Crippen molar-refractivity contribution in [2.45, 2.75) is 25.4 Å². The van der Waals surface area contributed by atoms with Crippen molar-refractivity contribution in [3.63, 3.8) is 0 Å². The second-order valence-corrected chi connectivity index (χ2v) is 9.28. The molecule has 2 aliphatic heterocycles. The van der Waals surface area contributed by atoms with Gasteiger partial charge in [0.05, 0.1) is 47.1 Å². The molecule has 0 bridgehead atoms. The number of nitrogens with zero attached hydrogens (tertiary/aromatic N) is 6. The molecule has 5 rings (SSSR count). The Morgan fingerprint density at radius 2 is 2.00 bits per heavy atom. The second-order valence-electron chi connectivity index (χ2n) is 9.28. The standard InChI is InChI=1S/C25H27N7O2/c1-25(2)22-7-16(9-26-3)5-6-21(22)24(34)32(25)20-8-18(11-27-12-20)29-19-14-31(15-19)23(33)17-10-28-30(4)13-17/h5-13,19,29H,14-15H2,1-4H3. The Morgan fingerprint density at radius 1 is 1.21 bits per heavy atom. The Hall–Kier alpha value is -4.01. The maximum Gasteiger partial charge on any atom is 0.259 e. The number of anilines is 2. The Balaban J connectivity index is 1.31. The summed E-state index contributed by atoms with van der Waals surface area (Å²) in [5.41, 5.74) is 4.23. The average Bonchev–Trinajstić information content (AvgIpc) is 3.29. The van der Waals surface area contributed by atoms with Gasteiger partial charge in [0.25, 0.3) is 11.8 Å². The predicted octanol–water partition coefficient (Wildman–Crippen LogP) is 2.70. The van der Waals surface area contributed by atoms with Crippen molar-refractivity contribution < 1.29 is 9.59 Å². The molecule has 1 saturated heterocycles. The largest absolute Gasteiger partial charge is 0.377 e. The molecule has 0 saturated carbocycles. The summed E-state index contributed by atoms with van der Waals surface area (Å²) in [6.07, 6.45) is 8.55. The van der Waals surface area contributed by atoms with Crippen LogP contribution in [0.25, 0.3) is 0 Å². The molecule has 1 N–H and O–H groups in total. The lowest BCUT2D eigenvalue weighted by atomic mass is 9.92. The van der Waals surface area contributed by atoms with E-state index in [2.05, 4.69) is 20.4 Å². The van der Waals surface area contributed by atoms with Crippen LogP contribution in [-0.4, -0.2) is 63.9 Å². The maximum absolute atomic E-state index is 13.3. The van der Waals surface area contributed by atoms with Gasteiger partial charge in [-0.3, -0.25) is 29.1 Å². The van der Waals surface area contributed by atoms with Crippen LogP contribution in [0.15, 0.2) is 54.0 Å². The molecule has 0 spiro atoms. The third-order valence-electron chi connectivity index (χ3n) is 6.45. The topological polar surface area (TPSA) is 95.7 Å². The van der Waals surface area contributed by atoms with Gasteiger partial charge in [0, 0.05) is 45.2 Å². The number of likely N-dealkylation sites (tertiary alicyclic amines) is 1. The van der Waals surface area contributed by atoms with Crippen molar-refractivity contribution in [1.29, 1.82) is 0 Å². The first-order chi connectivity index (χ1) is 16.3. The lowest BCUT2D eigenvalue weighted by molar-refractivity contribution is 0.0625. The summed E-state index contributed by atoms with van der Waals surface area (Å²) < 4.78 is 1.62. The first-order valence-electron chi connectivity index (χ1n) is 11.2. The number of rotatable bonds is 5. The third kappa shape index (κ3) is 3.63. The van der Waals surface area contributed by atoms with E-state index in [0.29, 0.717) is 24.2 Å². The molecule has 0 aliphatic carbocycles. The molecule has 2 aliphatic rings. The summed E-state index contributed by atoms with van der Waals surface area (Å²) >= 11 is 0. The first kappa shape index (κ1) is 21.8. The SMILES string of the molecule is CN=Cc1ccc2c(c1)C(C)(C)N(c1cncc(NC3CN(C(=O)c4cnn(C)c4)C3)c1)C2=O. The van der Waals surface area contributed by atoms with Gasteiger partial charge in [0.15, 0.2) is 0 Å². The molecule has 2 amide bonds. The molecule has 4 heterocycles. The molecule has 174 valence electrons. The van der Waals surface area contributed by atoms with Crippen LogP contribution >= 0.6 is 0 Å². The van der Waals surface area contributed by atoms with E-state index in [1.54, 1.807) is 59.6 Å². The quantitative estimate of drug-likeness (QED) is 0.595. The average molecular weight is 458 g/mol. The molecule has 9 heteroatoms. The Bertz CT molecular complexity index is 1300. The lowest BCUT2D eigenvalue weighted by Gasteiger charge is -2.40. The Kier molecular flexibility index (Phi) is 5.19. The van der Waals surface area contributed by atoms with E-state index in [1.807, 2.05) is 38.1 Å². The number of hydrogen-bond donors (Lipinski definition) is 1. The van der Waals surface area contributed by atoms with Gasteiger partial charge in [-0.2, -0.15) is 5.10 Å². The summed E-state index contributed by atoms with van der Waals surface area (Å²) in [7, 11) is 3.52. The van der Waals surface area contributed by atoms with E-state index in [1.165, 1.54) is 0 Å². The fourth-order valence-corrected chi connectivity index (χ4v) is 4.73. The lowest BCUT2D eigenvalue weighted by Crippen LogP contribution is -2.57. The van der Waals surface area contributed by atoms with E-state index in [9.17, 15) is 9.59 Å². The van der Waals surface area contributed by atoms with Crippen LogP contribution < -0.4 is 10.2 Å². The van der Waals surface area contributed by atoms with Gasteiger partial charge in [0.2, 0.25) is 0 Å². The number of aryl methyl sites for hydroxylation is 1. The molecule has 34 heavy (non-hydrogen) atoms.